The van der Waals surface area contributed by atoms with Crippen molar-refractivity contribution in [2.75, 3.05) is 30.4 Å². The third-order valence-electron chi connectivity index (χ3n) is 13.7. The number of benzene rings is 3. The Morgan fingerprint density at radius 3 is 2.24 bits per heavy atom. The number of carbonyl (C=O) groups is 1. The third-order valence-corrected chi connectivity index (χ3v) is 13.7. The molecule has 7 N–H and O–H groups in total. The molecule has 0 saturated carbocycles. The Balaban J connectivity index is 1.36. The fourth-order valence-corrected chi connectivity index (χ4v) is 9.68. The van der Waals surface area contributed by atoms with Gasteiger partial charge in [-0.1, -0.05) is 45.9 Å². The summed E-state index contributed by atoms with van der Waals surface area (Å²) in [4.78, 5) is 49.6. The number of aliphatic hydroxyl groups excluding tert-OH is 4. The third kappa shape index (κ3) is 7.50. The van der Waals surface area contributed by atoms with E-state index in [1.54, 1.807) is 45.9 Å². The Bertz CT molecular complexity index is 2770. The number of rotatable bonds is 2. The van der Waals surface area contributed by atoms with Gasteiger partial charge in [0.05, 0.1) is 41.3 Å². The van der Waals surface area contributed by atoms with Gasteiger partial charge >= 0.3 is 5.79 Å². The molecule has 11 atom stereocenters. The summed E-state index contributed by atoms with van der Waals surface area (Å²) in [7, 11) is 1.45. The first-order valence-corrected chi connectivity index (χ1v) is 21.5. The van der Waals surface area contributed by atoms with E-state index in [4.69, 9.17) is 23.6 Å². The van der Waals surface area contributed by atoms with E-state index in [0.29, 0.717) is 18.8 Å². The molecule has 4 aromatic rings. The van der Waals surface area contributed by atoms with E-state index in [1.165, 1.54) is 52.4 Å². The second kappa shape index (κ2) is 16.6. The molecule has 16 nitrogen and oxygen atoms in total. The van der Waals surface area contributed by atoms with Crippen molar-refractivity contribution < 1.29 is 49.0 Å². The topological polar surface area (TPSA) is 233 Å². The molecule has 4 aliphatic heterocycles. The number of nitrogens with one attached hydrogen (secondary N) is 2. The Morgan fingerprint density at radius 2 is 1.56 bits per heavy atom. The zero-order valence-electron chi connectivity index (χ0n) is 36.6. The van der Waals surface area contributed by atoms with Crippen LogP contribution >= 0.6 is 0 Å². The molecule has 8 rings (SSSR count). The Labute approximate surface area is 363 Å². The van der Waals surface area contributed by atoms with E-state index in [9.17, 15) is 39.9 Å². The molecule has 0 aliphatic carbocycles. The molecule has 1 amide bonds. The molecule has 6 bridgehead atoms. The number of phenols is 1. The Kier molecular flexibility index (Phi) is 11.6. The Hall–Kier alpha value is -5.52. The first-order chi connectivity index (χ1) is 29.8. The fraction of sp³-hybridized carbons (Fsp3) is 0.489. The maximum atomic E-state index is 14.8. The van der Waals surface area contributed by atoms with E-state index in [2.05, 4.69) is 15.5 Å². The highest BCUT2D eigenvalue weighted by atomic mass is 16.7. The lowest BCUT2D eigenvalue weighted by atomic mass is 9.78. The van der Waals surface area contributed by atoms with Gasteiger partial charge in [-0.25, -0.2) is 4.98 Å². The molecule has 16 heteroatoms. The molecular weight excluding hydrogens is 813 g/mol. The van der Waals surface area contributed by atoms with Crippen LogP contribution < -0.4 is 36.3 Å². The first-order valence-electron chi connectivity index (χ1n) is 21.5. The number of allylic oxidation sites excluding steroid dienone is 2. The van der Waals surface area contributed by atoms with Crippen molar-refractivity contribution in [2.24, 2.45) is 23.7 Å². The van der Waals surface area contributed by atoms with Gasteiger partial charge in [-0.05, 0) is 32.8 Å². The predicted octanol–water partition coefficient (Wildman–Crippen LogP) is 3.93. The van der Waals surface area contributed by atoms with E-state index in [1.807, 2.05) is 0 Å². The lowest BCUT2D eigenvalue weighted by molar-refractivity contribution is -0.112. The molecule has 5 heterocycles. The van der Waals surface area contributed by atoms with Crippen LogP contribution in [-0.4, -0.2) is 98.9 Å². The summed E-state index contributed by atoms with van der Waals surface area (Å²) in [6, 6.07) is 3.73. The first kappa shape index (κ1) is 44.1. The average molecular weight is 869 g/mol. The summed E-state index contributed by atoms with van der Waals surface area (Å²) < 4.78 is 24.5. The number of methoxy groups -OCH3 is 1. The molecule has 3 aromatic carbocycles. The summed E-state index contributed by atoms with van der Waals surface area (Å²) >= 11 is 0. The van der Waals surface area contributed by atoms with Crippen LogP contribution in [0.1, 0.15) is 59.9 Å². The van der Waals surface area contributed by atoms with Crippen LogP contribution in [-0.2, 0) is 14.3 Å². The maximum absolute atomic E-state index is 14.8. The van der Waals surface area contributed by atoms with Gasteiger partial charge in [0.1, 0.15) is 22.7 Å². The van der Waals surface area contributed by atoms with E-state index in [0.717, 1.165) is 12.8 Å². The van der Waals surface area contributed by atoms with Crippen molar-refractivity contribution in [3.05, 3.63) is 79.5 Å². The van der Waals surface area contributed by atoms with Crippen LogP contribution in [0.15, 0.2) is 62.3 Å². The fourth-order valence-electron chi connectivity index (χ4n) is 9.68. The molecule has 2 fully saturated rings. The van der Waals surface area contributed by atoms with Gasteiger partial charge in [-0.2, -0.15) is 0 Å². The van der Waals surface area contributed by atoms with Gasteiger partial charge < -0.3 is 59.7 Å². The van der Waals surface area contributed by atoms with Crippen LogP contribution in [0.3, 0.4) is 0 Å². The molecular formula is C47H56N4O12. The molecule has 336 valence electrons. The number of aromatic hydroxyl groups is 1. The van der Waals surface area contributed by atoms with Gasteiger partial charge in [0, 0.05) is 97.2 Å². The molecule has 1 aromatic heterocycles. The minimum atomic E-state index is -1.95. The smallest absolute Gasteiger partial charge is 0.307 e. The van der Waals surface area contributed by atoms with Crippen molar-refractivity contribution in [2.45, 2.75) is 104 Å². The predicted molar refractivity (Wildman–Crippen MR) is 238 cm³/mol. The number of fused-ring (bicyclic) bond motifs is 4. The van der Waals surface area contributed by atoms with Crippen LogP contribution in [0.4, 0.5) is 11.4 Å². The lowest BCUT2D eigenvalue weighted by Crippen LogP contribution is -2.51. The maximum Gasteiger partial charge on any atom is 0.307 e. The number of nitrogens with zero attached hydrogens (tertiary/aromatic N) is 2. The highest BCUT2D eigenvalue weighted by molar-refractivity contribution is 6.16. The van der Waals surface area contributed by atoms with Gasteiger partial charge in [-0.15, -0.1) is 0 Å². The van der Waals surface area contributed by atoms with Crippen LogP contribution in [0.5, 0.6) is 11.5 Å². The molecule has 2 unspecified atom stereocenters. The van der Waals surface area contributed by atoms with Crippen molar-refractivity contribution in [1.82, 2.24) is 10.3 Å². The standard InChI is InChI=1S/C47H56N4O12/c1-20-10-9-11-21(2)46(59)50-37-42(57)33-32(36-44(37)62-31-17-28(16-29(52)35(31)49-36)51-18-26-12-13-27(19-51)48-26)34-43(25(6)41(33)56)63-47(7,45(34)58)61-15-14-30(60-8)22(3)39(54)24(5)40(55)23(4)38(20)53/h9-11,14-17,20,22-24,26-27,30,38-40,48,53-56,58H,12-13,18-19H2,1-8H3,(H,50,59)/b10-9+,15-14+,21-11-/t20-,22+,23+,24-,26?,27?,30-,38-,39+,40+,47-/m0/s1. The normalized spacial score (nSPS) is 33.6. The second-order valence-electron chi connectivity index (χ2n) is 18.0. The highest BCUT2D eigenvalue weighted by Crippen LogP contribution is 2.42. The largest absolute Gasteiger partial charge is 0.507 e. The molecule has 0 spiro atoms. The molecule has 2 saturated heterocycles. The van der Waals surface area contributed by atoms with Crippen molar-refractivity contribution in [3.63, 3.8) is 0 Å². The van der Waals surface area contributed by atoms with Crippen LogP contribution in [0.2, 0.25) is 0 Å². The van der Waals surface area contributed by atoms with Gasteiger partial charge in [-0.3, -0.25) is 14.4 Å². The summed E-state index contributed by atoms with van der Waals surface area (Å²) in [5, 5.41) is 63.7. The molecule has 63 heavy (non-hydrogen) atoms. The number of piperazine rings is 1. The number of phenolic OH excluding ortho intramolecular Hbond substituents is 1. The minimum Gasteiger partial charge on any atom is -0.507 e. The number of hydrogen-bond acceptors (Lipinski definition) is 15. The zero-order chi connectivity index (χ0) is 45.4. The number of ether oxygens (including phenoxy) is 3. The summed E-state index contributed by atoms with van der Waals surface area (Å²) in [5.41, 5.74) is -1.20. The minimum absolute atomic E-state index is 0.0321. The molecule has 4 aliphatic rings. The Morgan fingerprint density at radius 1 is 0.889 bits per heavy atom. The monoisotopic (exact) mass is 868 g/mol. The van der Waals surface area contributed by atoms with E-state index >= 15 is 0 Å². The number of anilines is 2. The van der Waals surface area contributed by atoms with Gasteiger partial charge in [0.15, 0.2) is 22.4 Å². The number of aliphatic hydroxyl groups is 4. The zero-order valence-corrected chi connectivity index (χ0v) is 36.6. The average Bonchev–Trinajstić information content (AvgIpc) is 3.74. The van der Waals surface area contributed by atoms with Crippen molar-refractivity contribution in [1.29, 1.82) is 0 Å². The molecule has 0 radical (unpaired) electrons. The summed E-state index contributed by atoms with van der Waals surface area (Å²) in [6.45, 7) is 12.7. The van der Waals surface area contributed by atoms with Gasteiger partial charge in [0.25, 0.3) is 5.91 Å². The highest BCUT2D eigenvalue weighted by Gasteiger charge is 2.44. The van der Waals surface area contributed by atoms with Gasteiger partial charge in [0.2, 0.25) is 10.9 Å². The van der Waals surface area contributed by atoms with Crippen molar-refractivity contribution >= 4 is 56.0 Å². The van der Waals surface area contributed by atoms with Crippen LogP contribution in [0, 0.1) is 30.6 Å². The number of hydrogen-bond donors (Lipinski definition) is 7. The van der Waals surface area contributed by atoms with E-state index in [-0.39, 0.29) is 72.8 Å². The van der Waals surface area contributed by atoms with Crippen LogP contribution in [0.25, 0.3) is 38.7 Å². The quantitative estimate of drug-likeness (QED) is 0.112. The summed E-state index contributed by atoms with van der Waals surface area (Å²) in [5.74, 6) is -6.17. The number of carbonyl (C=O) groups excluding carboxylic acids is 1. The second-order valence-corrected chi connectivity index (χ2v) is 18.0. The van der Waals surface area contributed by atoms with E-state index < -0.39 is 82.1 Å². The number of amides is 1. The van der Waals surface area contributed by atoms with Crippen molar-refractivity contribution in [3.8, 4) is 11.5 Å². The SMILES string of the molecule is CO[C@H]1/C=C/O[C@@]2(C)Oc3c(C)c(O)c4c(=O)c(c5oc6cc(N7CC8CCC(C7)N8)cc(=O)c6nc5c4c3=C2O)NC(=O)/C(C)=C\C=C\[C@H](C)[C@H](O)[C@@H](C)[C@@H](O)[C@@H](C)[C@H](O)[C@@H]1C. The lowest BCUT2D eigenvalue weighted by Gasteiger charge is -2.36. The summed E-state index contributed by atoms with van der Waals surface area (Å²) in [6.07, 6.45) is 5.54. The number of aromatic nitrogens is 1.